The molecule has 0 aromatic carbocycles. The van der Waals surface area contributed by atoms with Crippen LogP contribution < -0.4 is 5.32 Å². The van der Waals surface area contributed by atoms with Gasteiger partial charge in [0.1, 0.15) is 12.0 Å². The van der Waals surface area contributed by atoms with Crippen LogP contribution in [0.15, 0.2) is 12.3 Å². The number of pyridine rings is 1. The lowest BCUT2D eigenvalue weighted by Gasteiger charge is -2.40. The molecule has 1 saturated heterocycles. The highest BCUT2D eigenvalue weighted by atomic mass is 35.5. The average Bonchev–Trinajstić information content (AvgIpc) is 2.49. The van der Waals surface area contributed by atoms with Crippen LogP contribution in [-0.4, -0.2) is 28.2 Å². The van der Waals surface area contributed by atoms with Gasteiger partial charge in [-0.1, -0.05) is 25.4 Å². The van der Waals surface area contributed by atoms with Gasteiger partial charge in [0.2, 0.25) is 0 Å². The summed E-state index contributed by atoms with van der Waals surface area (Å²) < 4.78 is 5.93. The molecule has 1 atom stereocenters. The predicted molar refractivity (Wildman–Crippen MR) is 81.8 cm³/mol. The Morgan fingerprint density at radius 3 is 2.86 bits per heavy atom. The molecule has 0 spiro atoms. The van der Waals surface area contributed by atoms with Gasteiger partial charge >= 0.3 is 0 Å². The van der Waals surface area contributed by atoms with Crippen molar-refractivity contribution in [2.45, 2.75) is 51.2 Å². The van der Waals surface area contributed by atoms with Crippen LogP contribution in [0.3, 0.4) is 0 Å². The van der Waals surface area contributed by atoms with Crippen molar-refractivity contribution in [1.29, 1.82) is 0 Å². The van der Waals surface area contributed by atoms with Crippen LogP contribution in [0.25, 0.3) is 0 Å². The predicted octanol–water partition coefficient (Wildman–Crippen LogP) is 3.79. The number of aromatic nitrogens is 1. The van der Waals surface area contributed by atoms with E-state index in [4.69, 9.17) is 16.3 Å². The lowest BCUT2D eigenvalue weighted by atomic mass is 9.86. The molecule has 1 N–H and O–H groups in total. The molecule has 1 aromatic rings. The lowest BCUT2D eigenvalue weighted by molar-refractivity contribution is -0.385. The Morgan fingerprint density at radius 2 is 2.29 bits per heavy atom. The second-order valence-electron chi connectivity index (χ2n) is 5.35. The van der Waals surface area contributed by atoms with E-state index in [1.54, 1.807) is 0 Å². The number of nitrogens with zero attached hydrogens (tertiary/aromatic N) is 2. The average molecular weight is 314 g/mol. The summed E-state index contributed by atoms with van der Waals surface area (Å²) in [6.07, 6.45) is 4.90. The number of ether oxygens (including phenoxy) is 1. The molecule has 1 aromatic heterocycles. The van der Waals surface area contributed by atoms with Crippen LogP contribution >= 0.6 is 11.6 Å². The minimum absolute atomic E-state index is 0.0941. The van der Waals surface area contributed by atoms with E-state index in [0.717, 1.165) is 25.7 Å². The standard InChI is InChI=1S/C14H20ClN3O3/c1-3-14(4-2)8-10(5-6-21-14)17-13-12(15)7-11(9-16-13)18(19)20/h7,9-10H,3-6,8H2,1-2H3,(H,16,17). The van der Waals surface area contributed by atoms with E-state index in [9.17, 15) is 10.1 Å². The molecule has 21 heavy (non-hydrogen) atoms. The van der Waals surface area contributed by atoms with Gasteiger partial charge in [-0.15, -0.1) is 0 Å². The highest BCUT2D eigenvalue weighted by molar-refractivity contribution is 6.33. The zero-order chi connectivity index (χ0) is 15.5. The Labute approximate surface area is 129 Å². The van der Waals surface area contributed by atoms with Crippen LogP contribution in [0.2, 0.25) is 5.02 Å². The minimum Gasteiger partial charge on any atom is -0.375 e. The molecule has 6 nitrogen and oxygen atoms in total. The van der Waals surface area contributed by atoms with Crippen LogP contribution in [0, 0.1) is 10.1 Å². The molecule has 1 aliphatic heterocycles. The zero-order valence-electron chi connectivity index (χ0n) is 12.3. The monoisotopic (exact) mass is 313 g/mol. The summed E-state index contributed by atoms with van der Waals surface area (Å²) in [6.45, 7) is 4.95. The fraction of sp³-hybridized carbons (Fsp3) is 0.643. The molecule has 2 rings (SSSR count). The first-order valence-electron chi connectivity index (χ1n) is 7.20. The normalized spacial score (nSPS) is 21.0. The number of rotatable bonds is 5. The summed E-state index contributed by atoms with van der Waals surface area (Å²) >= 11 is 6.07. The van der Waals surface area contributed by atoms with Crippen molar-refractivity contribution < 1.29 is 9.66 Å². The number of halogens is 1. The van der Waals surface area contributed by atoms with Crippen molar-refractivity contribution in [1.82, 2.24) is 4.98 Å². The highest BCUT2D eigenvalue weighted by Crippen LogP contribution is 2.33. The molecule has 1 aliphatic rings. The Bertz CT molecular complexity index is 520. The zero-order valence-corrected chi connectivity index (χ0v) is 13.0. The smallest absolute Gasteiger partial charge is 0.289 e. The first kappa shape index (κ1) is 16.0. The number of nitrogens with one attached hydrogen (secondary N) is 1. The van der Waals surface area contributed by atoms with Gasteiger partial charge in [-0.05, 0) is 25.7 Å². The van der Waals surface area contributed by atoms with E-state index in [0.29, 0.717) is 12.4 Å². The maximum Gasteiger partial charge on any atom is 0.289 e. The Morgan fingerprint density at radius 1 is 1.57 bits per heavy atom. The van der Waals surface area contributed by atoms with E-state index in [1.807, 2.05) is 0 Å². The molecule has 116 valence electrons. The van der Waals surface area contributed by atoms with Crippen molar-refractivity contribution in [3.63, 3.8) is 0 Å². The van der Waals surface area contributed by atoms with Crippen LogP contribution in [0.1, 0.15) is 39.5 Å². The van der Waals surface area contributed by atoms with Crippen LogP contribution in [-0.2, 0) is 4.74 Å². The molecular weight excluding hydrogens is 294 g/mol. The van der Waals surface area contributed by atoms with E-state index in [1.165, 1.54) is 12.3 Å². The third kappa shape index (κ3) is 3.63. The minimum atomic E-state index is -0.504. The molecule has 0 bridgehead atoms. The summed E-state index contributed by atoms with van der Waals surface area (Å²) in [7, 11) is 0. The van der Waals surface area contributed by atoms with Gasteiger partial charge in [-0.25, -0.2) is 4.98 Å². The van der Waals surface area contributed by atoms with E-state index in [-0.39, 0.29) is 22.4 Å². The molecule has 1 fully saturated rings. The summed E-state index contributed by atoms with van der Waals surface area (Å²) in [5.41, 5.74) is -0.197. The SMILES string of the molecule is CCC1(CC)CC(Nc2ncc([N+](=O)[O-])cc2Cl)CCO1. The van der Waals surface area contributed by atoms with Gasteiger partial charge in [0.05, 0.1) is 15.5 Å². The topological polar surface area (TPSA) is 77.3 Å². The van der Waals surface area contributed by atoms with Crippen LogP contribution in [0.4, 0.5) is 11.5 Å². The van der Waals surface area contributed by atoms with E-state index in [2.05, 4.69) is 24.1 Å². The first-order chi connectivity index (χ1) is 9.99. The molecule has 0 amide bonds. The van der Waals surface area contributed by atoms with Crippen molar-refractivity contribution in [2.24, 2.45) is 0 Å². The molecule has 7 heteroatoms. The van der Waals surface area contributed by atoms with Gasteiger partial charge in [0.15, 0.2) is 0 Å². The van der Waals surface area contributed by atoms with Gasteiger partial charge < -0.3 is 10.1 Å². The molecule has 2 heterocycles. The summed E-state index contributed by atoms with van der Waals surface area (Å²) in [6, 6.07) is 1.54. The van der Waals surface area contributed by atoms with Crippen molar-refractivity contribution in [3.05, 3.63) is 27.4 Å². The number of anilines is 1. The molecular formula is C14H20ClN3O3. The first-order valence-corrected chi connectivity index (χ1v) is 7.58. The second-order valence-corrected chi connectivity index (χ2v) is 5.76. The Hall–Kier alpha value is -1.40. The van der Waals surface area contributed by atoms with Gasteiger partial charge in [0, 0.05) is 18.7 Å². The fourth-order valence-corrected chi connectivity index (χ4v) is 2.94. The summed E-state index contributed by atoms with van der Waals surface area (Å²) in [4.78, 5) is 14.3. The highest BCUT2D eigenvalue weighted by Gasteiger charge is 2.34. The van der Waals surface area contributed by atoms with E-state index >= 15 is 0 Å². The third-order valence-electron chi connectivity index (χ3n) is 4.16. The van der Waals surface area contributed by atoms with Crippen molar-refractivity contribution in [3.8, 4) is 0 Å². The van der Waals surface area contributed by atoms with Crippen molar-refractivity contribution in [2.75, 3.05) is 11.9 Å². The molecule has 1 unspecified atom stereocenters. The van der Waals surface area contributed by atoms with Gasteiger partial charge in [-0.2, -0.15) is 0 Å². The van der Waals surface area contributed by atoms with Crippen LogP contribution in [0.5, 0.6) is 0 Å². The maximum absolute atomic E-state index is 10.7. The lowest BCUT2D eigenvalue weighted by Crippen LogP contribution is -2.43. The van der Waals surface area contributed by atoms with E-state index < -0.39 is 4.92 Å². The number of nitro groups is 1. The summed E-state index contributed by atoms with van der Waals surface area (Å²) in [5.74, 6) is 0.496. The van der Waals surface area contributed by atoms with Gasteiger partial charge in [0.25, 0.3) is 5.69 Å². The quantitative estimate of drug-likeness (QED) is 0.661. The summed E-state index contributed by atoms with van der Waals surface area (Å²) in [5, 5.41) is 14.3. The molecule has 0 aliphatic carbocycles. The maximum atomic E-state index is 10.7. The number of hydrogen-bond acceptors (Lipinski definition) is 5. The Balaban J connectivity index is 2.09. The van der Waals surface area contributed by atoms with Crippen molar-refractivity contribution >= 4 is 23.1 Å². The molecule has 0 saturated carbocycles. The van der Waals surface area contributed by atoms with Gasteiger partial charge in [-0.3, -0.25) is 10.1 Å². The molecule has 0 radical (unpaired) electrons. The number of hydrogen-bond donors (Lipinski definition) is 1. The second kappa shape index (κ2) is 6.58. The third-order valence-corrected chi connectivity index (χ3v) is 4.45. The largest absolute Gasteiger partial charge is 0.375 e. The fourth-order valence-electron chi connectivity index (χ4n) is 2.72. The Kier molecular flexibility index (Phi) is 5.00.